The van der Waals surface area contributed by atoms with Gasteiger partial charge in [-0.1, -0.05) is 11.8 Å². The van der Waals surface area contributed by atoms with Crippen molar-refractivity contribution in [3.63, 3.8) is 0 Å². The van der Waals surface area contributed by atoms with Crippen LogP contribution in [0, 0.1) is 0 Å². The summed E-state index contributed by atoms with van der Waals surface area (Å²) < 4.78 is 16.1. The summed E-state index contributed by atoms with van der Waals surface area (Å²) in [4.78, 5) is 32.0. The molecule has 3 rings (SSSR count). The summed E-state index contributed by atoms with van der Waals surface area (Å²) >= 11 is 1.29. The van der Waals surface area contributed by atoms with E-state index in [1.165, 1.54) is 33.1 Å². The van der Waals surface area contributed by atoms with E-state index in [-0.39, 0.29) is 23.7 Å². The number of carbonyl (C=O) groups excluding carboxylic acids is 1. The van der Waals surface area contributed by atoms with Gasteiger partial charge >= 0.3 is 0 Å². The molecule has 9 heteroatoms. The third-order valence-corrected chi connectivity index (χ3v) is 4.81. The van der Waals surface area contributed by atoms with Crippen molar-refractivity contribution in [1.82, 2.24) is 9.97 Å². The second-order valence-electron chi connectivity index (χ2n) is 5.59. The molecule has 8 nitrogen and oxygen atoms in total. The number of nitrogens with zero attached hydrogens (tertiary/aromatic N) is 1. The van der Waals surface area contributed by atoms with E-state index in [1.54, 1.807) is 18.4 Å². The van der Waals surface area contributed by atoms with Gasteiger partial charge < -0.3 is 24.5 Å². The molecule has 1 amide bonds. The van der Waals surface area contributed by atoms with Crippen molar-refractivity contribution in [2.24, 2.45) is 0 Å². The minimum Gasteiger partial charge on any atom is -0.496 e. The van der Waals surface area contributed by atoms with Crippen LogP contribution in [0.25, 0.3) is 0 Å². The number of thioether (sulfide) groups is 1. The van der Waals surface area contributed by atoms with Gasteiger partial charge in [-0.15, -0.1) is 0 Å². The number of methoxy groups -OCH3 is 3. The zero-order valence-corrected chi connectivity index (χ0v) is 15.7. The normalized spacial score (nSPS) is 15.8. The Bertz CT molecular complexity index is 912. The van der Waals surface area contributed by atoms with Gasteiger partial charge in [0.1, 0.15) is 11.6 Å². The molecule has 0 bridgehead atoms. The Morgan fingerprint density at radius 1 is 1.08 bits per heavy atom. The smallest absolute Gasteiger partial charge is 0.257 e. The highest BCUT2D eigenvalue weighted by Gasteiger charge is 2.33. The number of hydrogen-bond acceptors (Lipinski definition) is 7. The van der Waals surface area contributed by atoms with Crippen LogP contribution in [0.15, 0.2) is 22.1 Å². The van der Waals surface area contributed by atoms with E-state index in [0.717, 1.165) is 0 Å². The minimum absolute atomic E-state index is 0.0994. The largest absolute Gasteiger partial charge is 0.496 e. The van der Waals surface area contributed by atoms with Gasteiger partial charge in [0, 0.05) is 24.0 Å². The average molecular weight is 377 g/mol. The van der Waals surface area contributed by atoms with Crippen LogP contribution in [0.4, 0.5) is 5.82 Å². The minimum atomic E-state index is -0.513. The second-order valence-corrected chi connectivity index (χ2v) is 6.39. The van der Waals surface area contributed by atoms with E-state index in [1.807, 2.05) is 0 Å². The number of benzene rings is 1. The van der Waals surface area contributed by atoms with Crippen LogP contribution in [-0.4, -0.2) is 43.5 Å². The maximum Gasteiger partial charge on any atom is 0.257 e. The van der Waals surface area contributed by atoms with Crippen LogP contribution in [-0.2, 0) is 4.79 Å². The Morgan fingerprint density at radius 3 is 2.35 bits per heavy atom. The van der Waals surface area contributed by atoms with E-state index < -0.39 is 5.92 Å². The molecule has 2 aromatic rings. The number of rotatable bonds is 5. The molecule has 0 saturated heterocycles. The molecule has 1 aromatic heterocycles. The monoisotopic (exact) mass is 377 g/mol. The SMILES string of the molecule is COc1cc(OC)c([C@H]2CC(=O)Nc3nc(SC)[nH]c(=O)c32)cc1OC. The molecule has 0 aliphatic carbocycles. The fourth-order valence-corrected chi connectivity index (χ4v) is 3.42. The van der Waals surface area contributed by atoms with Crippen LogP contribution in [0.5, 0.6) is 17.2 Å². The van der Waals surface area contributed by atoms with E-state index in [2.05, 4.69) is 15.3 Å². The summed E-state index contributed by atoms with van der Waals surface area (Å²) in [5.41, 5.74) is 0.763. The number of carbonyl (C=O) groups is 1. The molecule has 1 aliphatic heterocycles. The van der Waals surface area contributed by atoms with Gasteiger partial charge in [-0.3, -0.25) is 9.59 Å². The van der Waals surface area contributed by atoms with Crippen molar-refractivity contribution in [2.75, 3.05) is 32.9 Å². The molecule has 2 heterocycles. The lowest BCUT2D eigenvalue weighted by Crippen LogP contribution is -2.31. The number of H-pyrrole nitrogens is 1. The summed E-state index contributed by atoms with van der Waals surface area (Å²) in [5, 5.41) is 3.12. The summed E-state index contributed by atoms with van der Waals surface area (Å²) in [7, 11) is 4.57. The molecule has 2 N–H and O–H groups in total. The van der Waals surface area contributed by atoms with Crippen LogP contribution in [0.1, 0.15) is 23.5 Å². The van der Waals surface area contributed by atoms with Crippen LogP contribution in [0.2, 0.25) is 0 Å². The highest BCUT2D eigenvalue weighted by Crippen LogP contribution is 2.43. The number of anilines is 1. The molecule has 0 unspecified atom stereocenters. The first-order valence-corrected chi connectivity index (χ1v) is 9.02. The fraction of sp³-hybridized carbons (Fsp3) is 0.353. The predicted molar refractivity (Wildman–Crippen MR) is 97.8 cm³/mol. The first-order valence-electron chi connectivity index (χ1n) is 7.80. The second kappa shape index (κ2) is 7.28. The maximum absolute atomic E-state index is 12.7. The first-order chi connectivity index (χ1) is 12.5. The Hall–Kier alpha value is -2.68. The van der Waals surface area contributed by atoms with E-state index in [9.17, 15) is 9.59 Å². The van der Waals surface area contributed by atoms with Gasteiger partial charge in [0.15, 0.2) is 16.7 Å². The van der Waals surface area contributed by atoms with Crippen molar-refractivity contribution in [3.05, 3.63) is 33.6 Å². The van der Waals surface area contributed by atoms with Crippen LogP contribution in [0.3, 0.4) is 0 Å². The summed E-state index contributed by atoms with van der Waals surface area (Å²) in [6, 6.07) is 3.41. The lowest BCUT2D eigenvalue weighted by Gasteiger charge is -2.26. The molecule has 0 spiro atoms. The molecule has 138 valence electrons. The molecule has 0 radical (unpaired) electrons. The van der Waals surface area contributed by atoms with E-state index in [4.69, 9.17) is 14.2 Å². The van der Waals surface area contributed by atoms with Crippen LogP contribution < -0.4 is 25.1 Å². The number of amides is 1. The van der Waals surface area contributed by atoms with Crippen molar-refractivity contribution in [2.45, 2.75) is 17.5 Å². The third kappa shape index (κ3) is 3.10. The molecular weight excluding hydrogens is 358 g/mol. The number of nitrogens with one attached hydrogen (secondary N) is 2. The van der Waals surface area contributed by atoms with Gasteiger partial charge in [0.2, 0.25) is 5.91 Å². The Morgan fingerprint density at radius 2 is 1.73 bits per heavy atom. The topological polar surface area (TPSA) is 103 Å². The van der Waals surface area contributed by atoms with Crippen molar-refractivity contribution in [1.29, 1.82) is 0 Å². The van der Waals surface area contributed by atoms with E-state index >= 15 is 0 Å². The molecular formula is C17H19N3O5S. The van der Waals surface area contributed by atoms with Gasteiger partial charge in [-0.05, 0) is 12.3 Å². The van der Waals surface area contributed by atoms with Gasteiger partial charge in [0.25, 0.3) is 5.56 Å². The molecule has 1 aliphatic rings. The lowest BCUT2D eigenvalue weighted by atomic mass is 9.86. The fourth-order valence-electron chi connectivity index (χ4n) is 3.04. The number of aromatic nitrogens is 2. The zero-order valence-electron chi connectivity index (χ0n) is 14.8. The van der Waals surface area contributed by atoms with Crippen molar-refractivity contribution in [3.8, 4) is 17.2 Å². The van der Waals surface area contributed by atoms with Crippen molar-refractivity contribution >= 4 is 23.5 Å². The zero-order chi connectivity index (χ0) is 18.8. The Kier molecular flexibility index (Phi) is 5.08. The number of fused-ring (bicyclic) bond motifs is 1. The first kappa shape index (κ1) is 18.1. The van der Waals surface area contributed by atoms with E-state index in [0.29, 0.717) is 33.5 Å². The molecule has 0 saturated carbocycles. The van der Waals surface area contributed by atoms with Gasteiger partial charge in [-0.25, -0.2) is 4.98 Å². The number of ether oxygens (including phenoxy) is 3. The van der Waals surface area contributed by atoms with Gasteiger partial charge in [-0.2, -0.15) is 0 Å². The standard InChI is InChI=1S/C17H19N3O5S/c1-23-10-7-12(25-3)11(24-2)5-8(10)9-6-13(21)18-15-14(9)16(22)20-17(19-15)26-4/h5,7,9H,6H2,1-4H3,(H2,18,19,20,21,22)/t9-/m1/s1. The molecule has 26 heavy (non-hydrogen) atoms. The molecule has 0 fully saturated rings. The quantitative estimate of drug-likeness (QED) is 0.607. The summed E-state index contributed by atoms with van der Waals surface area (Å²) in [6.45, 7) is 0. The third-order valence-electron chi connectivity index (χ3n) is 4.23. The van der Waals surface area contributed by atoms with Crippen molar-refractivity contribution < 1.29 is 19.0 Å². The lowest BCUT2D eigenvalue weighted by molar-refractivity contribution is -0.116. The van der Waals surface area contributed by atoms with Gasteiger partial charge in [0.05, 0.1) is 26.9 Å². The number of aromatic amines is 1. The highest BCUT2D eigenvalue weighted by atomic mass is 32.2. The highest BCUT2D eigenvalue weighted by molar-refractivity contribution is 7.98. The maximum atomic E-state index is 12.7. The molecule has 1 atom stereocenters. The van der Waals surface area contributed by atoms with Crippen LogP contribution >= 0.6 is 11.8 Å². The summed E-state index contributed by atoms with van der Waals surface area (Å²) in [5.74, 6) is 1.03. The predicted octanol–water partition coefficient (Wildman–Crippen LogP) is 1.99. The number of hydrogen-bond donors (Lipinski definition) is 2. The average Bonchev–Trinajstić information content (AvgIpc) is 2.65. The Labute approximate surface area is 154 Å². The Balaban J connectivity index is 2.23. The summed E-state index contributed by atoms with van der Waals surface area (Å²) in [6.07, 6.45) is 1.90. The molecule has 1 aromatic carbocycles.